The third-order valence-corrected chi connectivity index (χ3v) is 4.57. The number of ether oxygens (including phenoxy) is 1. The number of amides is 1. The minimum atomic E-state index is -3.77. The van der Waals surface area contributed by atoms with Gasteiger partial charge < -0.3 is 9.64 Å². The first-order chi connectivity index (χ1) is 8.27. The van der Waals surface area contributed by atoms with Crippen LogP contribution in [0.15, 0.2) is 11.0 Å². The second-order valence-electron chi connectivity index (χ2n) is 3.80. The molecule has 0 aliphatic carbocycles. The van der Waals surface area contributed by atoms with Gasteiger partial charge in [0.2, 0.25) is 10.0 Å². The molecule has 1 heterocycles. The average Bonchev–Trinajstić information content (AvgIpc) is 2.66. The summed E-state index contributed by atoms with van der Waals surface area (Å²) in [4.78, 5) is 14.3. The van der Waals surface area contributed by atoms with Gasteiger partial charge in [0.25, 0.3) is 5.91 Å². The number of primary sulfonamides is 1. The van der Waals surface area contributed by atoms with E-state index in [9.17, 15) is 13.2 Å². The Morgan fingerprint density at radius 2 is 2.17 bits per heavy atom. The van der Waals surface area contributed by atoms with Gasteiger partial charge in [-0.15, -0.1) is 11.3 Å². The third kappa shape index (κ3) is 3.52. The van der Waals surface area contributed by atoms with E-state index >= 15 is 0 Å². The van der Waals surface area contributed by atoms with E-state index in [1.165, 1.54) is 11.0 Å². The van der Waals surface area contributed by atoms with E-state index in [2.05, 4.69) is 0 Å². The molecule has 0 saturated carbocycles. The number of likely N-dealkylation sites (N-methyl/N-ethyl adjacent to an activating group) is 1. The molecule has 0 saturated heterocycles. The summed E-state index contributed by atoms with van der Waals surface area (Å²) in [5, 5.41) is 5.06. The molecule has 6 nitrogen and oxygen atoms in total. The lowest BCUT2D eigenvalue weighted by Crippen LogP contribution is -2.29. The lowest BCUT2D eigenvalue weighted by molar-refractivity contribution is 0.0749. The zero-order chi connectivity index (χ0) is 13.9. The Labute approximate surface area is 110 Å². The molecule has 1 aromatic rings. The van der Waals surface area contributed by atoms with E-state index in [0.717, 1.165) is 11.3 Å². The third-order valence-electron chi connectivity index (χ3n) is 2.37. The van der Waals surface area contributed by atoms with E-state index < -0.39 is 10.0 Å². The highest BCUT2D eigenvalue weighted by molar-refractivity contribution is 7.89. The smallest absolute Gasteiger partial charge is 0.263 e. The fourth-order valence-electron chi connectivity index (χ4n) is 1.37. The molecule has 0 atom stereocenters. The molecule has 0 aliphatic rings. The number of rotatable bonds is 5. The van der Waals surface area contributed by atoms with Gasteiger partial charge >= 0.3 is 0 Å². The lowest BCUT2D eigenvalue weighted by atomic mass is 10.4. The first kappa shape index (κ1) is 15.1. The molecule has 0 spiro atoms. The fraction of sp³-hybridized carbons (Fsp3) is 0.500. The zero-order valence-electron chi connectivity index (χ0n) is 10.5. The van der Waals surface area contributed by atoms with Crippen molar-refractivity contribution in [2.24, 2.45) is 5.14 Å². The van der Waals surface area contributed by atoms with Crippen molar-refractivity contribution in [1.82, 2.24) is 4.90 Å². The number of sulfonamides is 1. The normalized spacial score (nSPS) is 11.6. The highest BCUT2D eigenvalue weighted by Crippen LogP contribution is 2.25. The summed E-state index contributed by atoms with van der Waals surface area (Å²) >= 11 is 1.12. The molecule has 2 N–H and O–H groups in total. The summed E-state index contributed by atoms with van der Waals surface area (Å²) in [5.74, 6) is -0.241. The second kappa shape index (κ2) is 5.79. The molecule has 102 valence electrons. The molecule has 1 rings (SSSR count). The highest BCUT2D eigenvalue weighted by Gasteiger charge is 2.20. The Morgan fingerprint density at radius 1 is 1.56 bits per heavy atom. The largest absolute Gasteiger partial charge is 0.383 e. The second-order valence-corrected chi connectivity index (χ2v) is 6.58. The van der Waals surface area contributed by atoms with Crippen LogP contribution in [0.2, 0.25) is 0 Å². The van der Waals surface area contributed by atoms with Gasteiger partial charge in [-0.1, -0.05) is 0 Å². The van der Waals surface area contributed by atoms with Crippen molar-refractivity contribution < 1.29 is 17.9 Å². The first-order valence-electron chi connectivity index (χ1n) is 5.15. The van der Waals surface area contributed by atoms with Gasteiger partial charge in [0.05, 0.1) is 16.4 Å². The molecule has 0 aromatic carbocycles. The van der Waals surface area contributed by atoms with Crippen LogP contribution in [0.1, 0.15) is 14.5 Å². The quantitative estimate of drug-likeness (QED) is 0.851. The summed E-state index contributed by atoms with van der Waals surface area (Å²) in [6, 6.07) is 1.32. The highest BCUT2D eigenvalue weighted by atomic mass is 32.2. The number of nitrogens with zero attached hydrogens (tertiary/aromatic N) is 1. The van der Waals surface area contributed by atoms with Gasteiger partial charge in [0.15, 0.2) is 0 Å². The summed E-state index contributed by atoms with van der Waals surface area (Å²) in [5.41, 5.74) is 0. The van der Waals surface area contributed by atoms with Crippen molar-refractivity contribution in [3.05, 3.63) is 15.8 Å². The molecule has 1 aromatic heterocycles. The average molecular weight is 292 g/mol. The van der Waals surface area contributed by atoms with E-state index in [4.69, 9.17) is 9.88 Å². The minimum Gasteiger partial charge on any atom is -0.383 e. The van der Waals surface area contributed by atoms with Gasteiger partial charge in [-0.05, 0) is 13.0 Å². The first-order valence-corrected chi connectivity index (χ1v) is 7.51. The predicted octanol–water partition coefficient (Wildman–Crippen LogP) is 0.422. The topological polar surface area (TPSA) is 89.7 Å². The molecule has 1 amide bonds. The summed E-state index contributed by atoms with van der Waals surface area (Å²) < 4.78 is 27.4. The minimum absolute atomic E-state index is 0.0102. The Bertz CT molecular complexity index is 536. The van der Waals surface area contributed by atoms with Crippen LogP contribution in [0, 0.1) is 6.92 Å². The number of hydrogen-bond acceptors (Lipinski definition) is 5. The van der Waals surface area contributed by atoms with Crippen molar-refractivity contribution in [1.29, 1.82) is 0 Å². The van der Waals surface area contributed by atoms with Crippen molar-refractivity contribution in [3.8, 4) is 0 Å². The van der Waals surface area contributed by atoms with Gasteiger partial charge in [0, 0.05) is 25.6 Å². The number of methoxy groups -OCH3 is 1. The zero-order valence-corrected chi connectivity index (χ0v) is 12.1. The number of hydrogen-bond donors (Lipinski definition) is 1. The molecule has 0 fully saturated rings. The summed E-state index contributed by atoms with van der Waals surface area (Å²) in [6.07, 6.45) is 0. The summed E-state index contributed by atoms with van der Waals surface area (Å²) in [6.45, 7) is 2.49. The standard InChI is InChI=1S/C10H16N2O4S2/c1-7-9(18(11,14)15)6-8(17-7)10(13)12(2)4-5-16-3/h6H,4-5H2,1-3H3,(H2,11,14,15). The maximum absolute atomic E-state index is 12.0. The molecule has 0 radical (unpaired) electrons. The predicted molar refractivity (Wildman–Crippen MR) is 69.3 cm³/mol. The molecule has 0 aliphatic heterocycles. The molecular weight excluding hydrogens is 276 g/mol. The van der Waals surface area contributed by atoms with E-state index in [1.54, 1.807) is 21.1 Å². The molecule has 8 heteroatoms. The lowest BCUT2D eigenvalue weighted by Gasteiger charge is -2.15. The fourth-order valence-corrected chi connectivity index (χ4v) is 3.51. The Balaban J connectivity index is 2.95. The van der Waals surface area contributed by atoms with E-state index in [-0.39, 0.29) is 10.8 Å². The van der Waals surface area contributed by atoms with Crippen LogP contribution in [0.3, 0.4) is 0 Å². The van der Waals surface area contributed by atoms with Crippen LogP contribution < -0.4 is 5.14 Å². The number of thiophene rings is 1. The Morgan fingerprint density at radius 3 is 2.61 bits per heavy atom. The number of nitrogens with two attached hydrogens (primary N) is 1. The number of aryl methyl sites for hydroxylation is 1. The van der Waals surface area contributed by atoms with Crippen molar-refractivity contribution in [2.45, 2.75) is 11.8 Å². The van der Waals surface area contributed by atoms with Crippen LogP contribution in [0.25, 0.3) is 0 Å². The SMILES string of the molecule is COCCN(C)C(=O)c1cc(S(N)(=O)=O)c(C)s1. The monoisotopic (exact) mass is 292 g/mol. The Kier molecular flexibility index (Phi) is 4.85. The van der Waals surface area contributed by atoms with E-state index in [1.807, 2.05) is 0 Å². The van der Waals surface area contributed by atoms with E-state index in [0.29, 0.717) is 22.9 Å². The van der Waals surface area contributed by atoms with Crippen molar-refractivity contribution in [3.63, 3.8) is 0 Å². The van der Waals surface area contributed by atoms with Crippen LogP contribution in [0.5, 0.6) is 0 Å². The van der Waals surface area contributed by atoms with Crippen LogP contribution in [-0.4, -0.2) is 46.5 Å². The molecule has 18 heavy (non-hydrogen) atoms. The van der Waals surface area contributed by atoms with Gasteiger partial charge in [-0.25, -0.2) is 13.6 Å². The van der Waals surface area contributed by atoms with Crippen LogP contribution >= 0.6 is 11.3 Å². The van der Waals surface area contributed by atoms with Gasteiger partial charge in [0.1, 0.15) is 0 Å². The number of carbonyl (C=O) groups is 1. The Hall–Kier alpha value is -0.960. The van der Waals surface area contributed by atoms with Crippen LogP contribution in [-0.2, 0) is 14.8 Å². The number of carbonyl (C=O) groups excluding carboxylic acids is 1. The molecular formula is C10H16N2O4S2. The summed E-state index contributed by atoms with van der Waals surface area (Å²) in [7, 11) is -0.594. The van der Waals surface area contributed by atoms with Crippen molar-refractivity contribution in [2.75, 3.05) is 27.3 Å². The van der Waals surface area contributed by atoms with Crippen LogP contribution in [0.4, 0.5) is 0 Å². The maximum Gasteiger partial charge on any atom is 0.263 e. The van der Waals surface area contributed by atoms with Gasteiger partial charge in [-0.2, -0.15) is 0 Å². The van der Waals surface area contributed by atoms with Crippen molar-refractivity contribution >= 4 is 27.3 Å². The molecule has 0 unspecified atom stereocenters. The molecule has 0 bridgehead atoms. The van der Waals surface area contributed by atoms with Gasteiger partial charge in [-0.3, -0.25) is 4.79 Å². The maximum atomic E-state index is 12.0.